The molecule has 0 saturated carbocycles. The van der Waals surface area contributed by atoms with E-state index in [2.05, 4.69) is 27.2 Å². The van der Waals surface area contributed by atoms with Crippen molar-refractivity contribution in [2.75, 3.05) is 26.8 Å². The van der Waals surface area contributed by atoms with Gasteiger partial charge >= 0.3 is 0 Å². The van der Waals surface area contributed by atoms with E-state index in [0.717, 1.165) is 42.9 Å². The van der Waals surface area contributed by atoms with E-state index >= 15 is 0 Å². The minimum atomic E-state index is 0.0766. The number of aryl methyl sites for hydroxylation is 1. The number of aromatic nitrogens is 2. The average molecular weight is 318 g/mol. The largest absolute Gasteiger partial charge is 0.381 e. The Balaban J connectivity index is 1.68. The van der Waals surface area contributed by atoms with E-state index in [-0.39, 0.29) is 11.8 Å². The molecule has 3 rings (SSSR count). The number of rotatable bonds is 4. The summed E-state index contributed by atoms with van der Waals surface area (Å²) in [6.45, 7) is 4.90. The van der Waals surface area contributed by atoms with Crippen LogP contribution in [0.3, 0.4) is 0 Å². The maximum atomic E-state index is 12.3. The highest BCUT2D eigenvalue weighted by atomic mass is 16.5. The van der Waals surface area contributed by atoms with Crippen molar-refractivity contribution in [3.8, 4) is 0 Å². The minimum absolute atomic E-state index is 0.0766. The Hall–Kier alpha value is -1.53. The van der Waals surface area contributed by atoms with Crippen LogP contribution in [-0.4, -0.2) is 47.6 Å². The Kier molecular flexibility index (Phi) is 5.23. The normalized spacial score (nSPS) is 23.1. The van der Waals surface area contributed by atoms with Gasteiger partial charge in [0, 0.05) is 37.4 Å². The lowest BCUT2D eigenvalue weighted by Gasteiger charge is -2.23. The zero-order valence-corrected chi connectivity index (χ0v) is 14.0. The van der Waals surface area contributed by atoms with Crippen molar-refractivity contribution in [3.05, 3.63) is 23.3 Å². The SMILES string of the molecule is Cc1ncc(CNC(=O)C2CCOCC2)c(C2CCCN2C)n1. The van der Waals surface area contributed by atoms with Crippen LogP contribution in [0.15, 0.2) is 6.20 Å². The van der Waals surface area contributed by atoms with Gasteiger partial charge in [0.05, 0.1) is 11.7 Å². The van der Waals surface area contributed by atoms with E-state index in [1.807, 2.05) is 13.1 Å². The molecular formula is C17H26N4O2. The molecule has 3 heterocycles. The Morgan fingerprint density at radius 1 is 1.39 bits per heavy atom. The molecule has 0 radical (unpaired) electrons. The minimum Gasteiger partial charge on any atom is -0.381 e. The fraction of sp³-hybridized carbons (Fsp3) is 0.706. The highest BCUT2D eigenvalue weighted by molar-refractivity contribution is 5.78. The molecule has 0 aliphatic carbocycles. The quantitative estimate of drug-likeness (QED) is 0.913. The van der Waals surface area contributed by atoms with Gasteiger partial charge in [0.2, 0.25) is 5.91 Å². The fourth-order valence-electron chi connectivity index (χ4n) is 3.48. The van der Waals surface area contributed by atoms with Gasteiger partial charge in [-0.25, -0.2) is 9.97 Å². The number of ether oxygens (including phenoxy) is 1. The van der Waals surface area contributed by atoms with Crippen molar-refractivity contribution in [3.63, 3.8) is 0 Å². The van der Waals surface area contributed by atoms with Crippen LogP contribution in [0.25, 0.3) is 0 Å². The molecule has 2 fully saturated rings. The van der Waals surface area contributed by atoms with Crippen LogP contribution in [0.2, 0.25) is 0 Å². The zero-order chi connectivity index (χ0) is 16.2. The third-order valence-electron chi connectivity index (χ3n) is 4.90. The first-order valence-corrected chi connectivity index (χ1v) is 8.53. The van der Waals surface area contributed by atoms with Crippen molar-refractivity contribution in [1.82, 2.24) is 20.2 Å². The summed E-state index contributed by atoms with van der Waals surface area (Å²) in [6.07, 6.45) is 5.81. The molecule has 1 aromatic rings. The van der Waals surface area contributed by atoms with E-state index in [0.29, 0.717) is 25.8 Å². The van der Waals surface area contributed by atoms with Crippen LogP contribution < -0.4 is 5.32 Å². The Morgan fingerprint density at radius 2 is 2.17 bits per heavy atom. The summed E-state index contributed by atoms with van der Waals surface area (Å²) in [6, 6.07) is 0.340. The van der Waals surface area contributed by atoms with Crippen LogP contribution in [0, 0.1) is 12.8 Å². The summed E-state index contributed by atoms with van der Waals surface area (Å²) in [7, 11) is 2.14. The number of nitrogens with one attached hydrogen (secondary N) is 1. The van der Waals surface area contributed by atoms with Gasteiger partial charge in [-0.2, -0.15) is 0 Å². The van der Waals surface area contributed by atoms with Crippen LogP contribution in [0.5, 0.6) is 0 Å². The molecule has 126 valence electrons. The molecule has 6 nitrogen and oxygen atoms in total. The predicted molar refractivity (Wildman–Crippen MR) is 86.8 cm³/mol. The van der Waals surface area contributed by atoms with Gasteiger partial charge in [0.1, 0.15) is 5.82 Å². The van der Waals surface area contributed by atoms with Crippen LogP contribution in [-0.2, 0) is 16.1 Å². The average Bonchev–Trinajstić information content (AvgIpc) is 3.00. The number of likely N-dealkylation sites (tertiary alicyclic amines) is 1. The van der Waals surface area contributed by atoms with Crippen molar-refractivity contribution in [2.45, 2.75) is 45.2 Å². The summed E-state index contributed by atoms with van der Waals surface area (Å²) in [4.78, 5) is 23.7. The smallest absolute Gasteiger partial charge is 0.223 e. The van der Waals surface area contributed by atoms with Crippen LogP contribution in [0.1, 0.15) is 48.8 Å². The summed E-state index contributed by atoms with van der Waals surface area (Å²) < 4.78 is 5.32. The van der Waals surface area contributed by atoms with Crippen LogP contribution in [0.4, 0.5) is 0 Å². The topological polar surface area (TPSA) is 67.3 Å². The monoisotopic (exact) mass is 318 g/mol. The Morgan fingerprint density at radius 3 is 2.87 bits per heavy atom. The number of carbonyl (C=O) groups is 1. The molecule has 2 aliphatic heterocycles. The number of hydrogen-bond acceptors (Lipinski definition) is 5. The highest BCUT2D eigenvalue weighted by Gasteiger charge is 2.27. The van der Waals surface area contributed by atoms with Crippen molar-refractivity contribution in [1.29, 1.82) is 0 Å². The zero-order valence-electron chi connectivity index (χ0n) is 14.0. The number of amides is 1. The van der Waals surface area contributed by atoms with E-state index in [1.165, 1.54) is 6.42 Å². The van der Waals surface area contributed by atoms with Gasteiger partial charge in [-0.1, -0.05) is 0 Å². The van der Waals surface area contributed by atoms with Gasteiger partial charge in [0.15, 0.2) is 0 Å². The summed E-state index contributed by atoms with van der Waals surface area (Å²) in [5.74, 6) is 0.993. The lowest BCUT2D eigenvalue weighted by molar-refractivity contribution is -0.128. The second kappa shape index (κ2) is 7.36. The van der Waals surface area contributed by atoms with E-state index in [9.17, 15) is 4.79 Å². The fourth-order valence-corrected chi connectivity index (χ4v) is 3.48. The van der Waals surface area contributed by atoms with Crippen molar-refractivity contribution >= 4 is 5.91 Å². The molecule has 1 unspecified atom stereocenters. The first-order valence-electron chi connectivity index (χ1n) is 8.53. The molecule has 2 saturated heterocycles. The van der Waals surface area contributed by atoms with Crippen molar-refractivity contribution in [2.24, 2.45) is 5.92 Å². The Labute approximate surface area is 137 Å². The van der Waals surface area contributed by atoms with Crippen molar-refractivity contribution < 1.29 is 9.53 Å². The molecule has 23 heavy (non-hydrogen) atoms. The lowest BCUT2D eigenvalue weighted by atomic mass is 9.99. The summed E-state index contributed by atoms with van der Waals surface area (Å²) >= 11 is 0. The third kappa shape index (κ3) is 3.87. The molecule has 2 aliphatic rings. The van der Waals surface area contributed by atoms with Gasteiger partial charge in [-0.15, -0.1) is 0 Å². The predicted octanol–water partition coefficient (Wildman–Crippen LogP) is 1.59. The van der Waals surface area contributed by atoms with Gasteiger partial charge < -0.3 is 10.1 Å². The number of carbonyl (C=O) groups excluding carboxylic acids is 1. The molecule has 0 bridgehead atoms. The van der Waals surface area contributed by atoms with E-state index in [4.69, 9.17) is 4.74 Å². The summed E-state index contributed by atoms with van der Waals surface area (Å²) in [5.41, 5.74) is 2.11. The molecule has 0 aromatic carbocycles. The molecular weight excluding hydrogens is 292 g/mol. The Bertz CT molecular complexity index is 558. The second-order valence-electron chi connectivity index (χ2n) is 6.57. The number of nitrogens with zero attached hydrogens (tertiary/aromatic N) is 3. The van der Waals surface area contributed by atoms with Gasteiger partial charge in [0.25, 0.3) is 0 Å². The van der Waals surface area contributed by atoms with Gasteiger partial charge in [-0.05, 0) is 46.2 Å². The molecule has 1 atom stereocenters. The lowest BCUT2D eigenvalue weighted by Crippen LogP contribution is -2.34. The van der Waals surface area contributed by atoms with E-state index in [1.54, 1.807) is 0 Å². The van der Waals surface area contributed by atoms with E-state index < -0.39 is 0 Å². The molecule has 6 heteroatoms. The van der Waals surface area contributed by atoms with Crippen LogP contribution >= 0.6 is 0 Å². The first kappa shape index (κ1) is 16.3. The molecule has 0 spiro atoms. The number of hydrogen-bond donors (Lipinski definition) is 1. The standard InChI is InChI=1S/C17H26N4O2/c1-12-18-10-14(16(20-12)15-4-3-7-21(15)2)11-19-17(22)13-5-8-23-9-6-13/h10,13,15H,3-9,11H2,1-2H3,(H,19,22). The first-order chi connectivity index (χ1) is 11.1. The second-order valence-corrected chi connectivity index (χ2v) is 6.57. The third-order valence-corrected chi connectivity index (χ3v) is 4.90. The highest BCUT2D eigenvalue weighted by Crippen LogP contribution is 2.31. The van der Waals surface area contributed by atoms with Gasteiger partial charge in [-0.3, -0.25) is 9.69 Å². The molecule has 1 N–H and O–H groups in total. The maximum Gasteiger partial charge on any atom is 0.223 e. The molecule has 1 aromatic heterocycles. The molecule has 1 amide bonds. The maximum absolute atomic E-state index is 12.3. The summed E-state index contributed by atoms with van der Waals surface area (Å²) in [5, 5.41) is 3.07.